The number of amides is 2. The van der Waals surface area contributed by atoms with Gasteiger partial charge in [-0.3, -0.25) is 9.59 Å². The Bertz CT molecular complexity index is 1130. The molecule has 178 valence electrons. The number of aryl methyl sites for hydroxylation is 1. The molecule has 0 spiro atoms. The number of nitrogens with zero attached hydrogens (tertiary/aromatic N) is 2. The first-order valence-electron chi connectivity index (χ1n) is 12.5. The number of rotatable bonds is 7. The van der Waals surface area contributed by atoms with E-state index >= 15 is 0 Å². The predicted molar refractivity (Wildman–Crippen MR) is 131 cm³/mol. The molecular weight excluding hydrogens is 426 g/mol. The third-order valence-corrected chi connectivity index (χ3v) is 7.40. The normalized spacial score (nSPS) is 20.9. The monoisotopic (exact) mass is 459 g/mol. The standard InChI is InChI=1S/C28H33N3O3/c1-28(27(33)29-22-13-6-3-7-14-22)20-30-23(25-15-9-19-34-25)16-17-24(30)26(32)31(28)18-8-12-21-10-4-2-5-11-21/h2,4-5,9-11,15-17,19,22H,3,6-8,12-14,18,20H2,1H3,(H,29,33)/t28-/m1/s1. The number of nitrogens with one attached hydrogen (secondary N) is 1. The van der Waals surface area contributed by atoms with E-state index in [1.54, 1.807) is 11.2 Å². The largest absolute Gasteiger partial charge is 0.463 e. The van der Waals surface area contributed by atoms with Gasteiger partial charge in [0.1, 0.15) is 17.0 Å². The average molecular weight is 460 g/mol. The Labute approximate surface area is 200 Å². The van der Waals surface area contributed by atoms with Gasteiger partial charge in [0.05, 0.1) is 18.5 Å². The van der Waals surface area contributed by atoms with E-state index in [0.29, 0.717) is 24.5 Å². The molecule has 0 bridgehead atoms. The van der Waals surface area contributed by atoms with E-state index < -0.39 is 5.54 Å². The Morgan fingerprint density at radius 1 is 1.03 bits per heavy atom. The number of carbonyl (C=O) groups is 2. The molecule has 0 saturated heterocycles. The minimum Gasteiger partial charge on any atom is -0.463 e. The molecule has 34 heavy (non-hydrogen) atoms. The molecule has 3 aromatic rings. The Balaban J connectivity index is 1.43. The molecule has 5 rings (SSSR count). The van der Waals surface area contributed by atoms with Crippen molar-refractivity contribution in [2.75, 3.05) is 6.54 Å². The lowest BCUT2D eigenvalue weighted by Crippen LogP contribution is -2.65. The second-order valence-electron chi connectivity index (χ2n) is 9.80. The van der Waals surface area contributed by atoms with Crippen LogP contribution in [0.1, 0.15) is 61.5 Å². The molecule has 1 aliphatic heterocycles. The lowest BCUT2D eigenvalue weighted by atomic mass is 9.91. The van der Waals surface area contributed by atoms with E-state index in [1.165, 1.54) is 12.0 Å². The Hall–Kier alpha value is -3.28. The molecule has 3 heterocycles. The molecule has 1 saturated carbocycles. The van der Waals surface area contributed by atoms with E-state index in [4.69, 9.17) is 4.42 Å². The van der Waals surface area contributed by atoms with Gasteiger partial charge in [-0.05, 0) is 62.4 Å². The van der Waals surface area contributed by atoms with Gasteiger partial charge < -0.3 is 19.2 Å². The Morgan fingerprint density at radius 3 is 2.53 bits per heavy atom. The number of benzene rings is 1. The summed E-state index contributed by atoms with van der Waals surface area (Å²) in [7, 11) is 0. The van der Waals surface area contributed by atoms with Crippen LogP contribution in [0.2, 0.25) is 0 Å². The van der Waals surface area contributed by atoms with Crippen LogP contribution in [0.4, 0.5) is 0 Å². The van der Waals surface area contributed by atoms with Crippen LogP contribution in [-0.2, 0) is 17.8 Å². The highest BCUT2D eigenvalue weighted by atomic mass is 16.3. The second kappa shape index (κ2) is 9.53. The van der Waals surface area contributed by atoms with Gasteiger partial charge in [0.25, 0.3) is 5.91 Å². The molecule has 6 nitrogen and oxygen atoms in total. The zero-order chi connectivity index (χ0) is 23.5. The molecule has 1 aromatic carbocycles. The third kappa shape index (κ3) is 4.29. The van der Waals surface area contributed by atoms with Crippen molar-refractivity contribution in [3.8, 4) is 11.5 Å². The molecule has 1 fully saturated rings. The minimum atomic E-state index is -0.974. The van der Waals surface area contributed by atoms with Gasteiger partial charge >= 0.3 is 0 Å². The van der Waals surface area contributed by atoms with Crippen molar-refractivity contribution in [2.24, 2.45) is 0 Å². The maximum atomic E-state index is 13.8. The summed E-state index contributed by atoms with van der Waals surface area (Å²) in [5.41, 5.74) is 1.70. The van der Waals surface area contributed by atoms with Crippen molar-refractivity contribution in [3.63, 3.8) is 0 Å². The first kappa shape index (κ1) is 22.5. The zero-order valence-electron chi connectivity index (χ0n) is 19.8. The summed E-state index contributed by atoms with van der Waals surface area (Å²) in [5.74, 6) is 0.544. The van der Waals surface area contributed by atoms with Crippen molar-refractivity contribution in [2.45, 2.75) is 70.0 Å². The summed E-state index contributed by atoms with van der Waals surface area (Å²) in [6.07, 6.45) is 8.83. The number of carbonyl (C=O) groups excluding carboxylic acids is 2. The number of hydrogen-bond acceptors (Lipinski definition) is 3. The van der Waals surface area contributed by atoms with Crippen molar-refractivity contribution in [1.82, 2.24) is 14.8 Å². The number of furan rings is 1. The first-order valence-corrected chi connectivity index (χ1v) is 12.5. The fourth-order valence-corrected chi connectivity index (χ4v) is 5.44. The zero-order valence-corrected chi connectivity index (χ0v) is 19.8. The summed E-state index contributed by atoms with van der Waals surface area (Å²) in [4.78, 5) is 29.3. The van der Waals surface area contributed by atoms with Gasteiger partial charge in [-0.15, -0.1) is 0 Å². The van der Waals surface area contributed by atoms with Crippen LogP contribution in [0.25, 0.3) is 11.5 Å². The van der Waals surface area contributed by atoms with E-state index in [-0.39, 0.29) is 17.9 Å². The fourth-order valence-electron chi connectivity index (χ4n) is 5.44. The molecule has 6 heteroatoms. The third-order valence-electron chi connectivity index (χ3n) is 7.40. The summed E-state index contributed by atoms with van der Waals surface area (Å²) in [6.45, 7) is 2.85. The first-order chi connectivity index (χ1) is 16.6. The van der Waals surface area contributed by atoms with Gasteiger partial charge in [-0.2, -0.15) is 0 Å². The molecule has 0 radical (unpaired) electrons. The predicted octanol–water partition coefficient (Wildman–Crippen LogP) is 5.04. The van der Waals surface area contributed by atoms with Crippen LogP contribution >= 0.6 is 0 Å². The van der Waals surface area contributed by atoms with Gasteiger partial charge in [-0.1, -0.05) is 49.6 Å². The van der Waals surface area contributed by atoms with E-state index in [0.717, 1.165) is 44.2 Å². The molecule has 1 N–H and O–H groups in total. The Kier molecular flexibility index (Phi) is 6.31. The number of aromatic nitrogens is 1. The molecule has 0 unspecified atom stereocenters. The highest BCUT2D eigenvalue weighted by Crippen LogP contribution is 2.34. The van der Waals surface area contributed by atoms with Crippen LogP contribution < -0.4 is 5.32 Å². The molecule has 1 aliphatic carbocycles. The van der Waals surface area contributed by atoms with Crippen molar-refractivity contribution in [3.05, 3.63) is 72.1 Å². The lowest BCUT2D eigenvalue weighted by molar-refractivity contribution is -0.133. The van der Waals surface area contributed by atoms with Crippen molar-refractivity contribution >= 4 is 11.8 Å². The van der Waals surface area contributed by atoms with Crippen LogP contribution in [0, 0.1) is 0 Å². The van der Waals surface area contributed by atoms with Crippen molar-refractivity contribution in [1.29, 1.82) is 0 Å². The highest BCUT2D eigenvalue weighted by molar-refractivity contribution is 6.00. The maximum absolute atomic E-state index is 13.8. The van der Waals surface area contributed by atoms with Gasteiger partial charge in [-0.25, -0.2) is 0 Å². The Morgan fingerprint density at radius 2 is 1.79 bits per heavy atom. The molecule has 2 amide bonds. The summed E-state index contributed by atoms with van der Waals surface area (Å²) in [5, 5.41) is 3.30. The topological polar surface area (TPSA) is 67.5 Å². The van der Waals surface area contributed by atoms with Gasteiger partial charge in [0.2, 0.25) is 5.91 Å². The van der Waals surface area contributed by atoms with E-state index in [1.807, 2.05) is 54.0 Å². The fraction of sp³-hybridized carbons (Fsp3) is 0.429. The summed E-state index contributed by atoms with van der Waals surface area (Å²) in [6, 6.07) is 18.0. The summed E-state index contributed by atoms with van der Waals surface area (Å²) >= 11 is 0. The van der Waals surface area contributed by atoms with Crippen LogP contribution in [0.15, 0.2) is 65.3 Å². The van der Waals surface area contributed by atoms with Crippen LogP contribution in [0.5, 0.6) is 0 Å². The smallest absolute Gasteiger partial charge is 0.271 e. The van der Waals surface area contributed by atoms with Gasteiger partial charge in [0, 0.05) is 12.6 Å². The average Bonchev–Trinajstić information content (AvgIpc) is 3.52. The minimum absolute atomic E-state index is 0.0581. The van der Waals surface area contributed by atoms with Crippen LogP contribution in [-0.4, -0.2) is 39.4 Å². The summed E-state index contributed by atoms with van der Waals surface area (Å²) < 4.78 is 7.58. The highest BCUT2D eigenvalue weighted by Gasteiger charge is 2.48. The van der Waals surface area contributed by atoms with Crippen molar-refractivity contribution < 1.29 is 14.0 Å². The number of fused-ring (bicyclic) bond motifs is 1. The lowest BCUT2D eigenvalue weighted by Gasteiger charge is -2.45. The van der Waals surface area contributed by atoms with Gasteiger partial charge in [0.15, 0.2) is 0 Å². The SMILES string of the molecule is C[C@]1(C(=O)NC2CCCCC2)Cn2c(ccc2-c2ccco2)C(=O)N1CCCc1ccccc1. The van der Waals surface area contributed by atoms with E-state index in [2.05, 4.69) is 17.4 Å². The quantitative estimate of drug-likeness (QED) is 0.538. The van der Waals surface area contributed by atoms with Crippen LogP contribution in [0.3, 0.4) is 0 Å². The molecule has 1 atom stereocenters. The second-order valence-corrected chi connectivity index (χ2v) is 9.80. The molecular formula is C28H33N3O3. The molecule has 2 aromatic heterocycles. The number of hydrogen-bond donors (Lipinski definition) is 1. The molecule has 2 aliphatic rings. The van der Waals surface area contributed by atoms with E-state index in [9.17, 15) is 9.59 Å². The maximum Gasteiger partial charge on any atom is 0.271 e.